The quantitative estimate of drug-likeness (QED) is 0.482. The Labute approximate surface area is 108 Å². The van der Waals surface area contributed by atoms with Crippen molar-refractivity contribution in [3.8, 4) is 0 Å². The zero-order valence-corrected chi connectivity index (χ0v) is 10.8. The van der Waals surface area contributed by atoms with E-state index < -0.39 is 0 Å². The Morgan fingerprint density at radius 1 is 1.35 bits per heavy atom. The van der Waals surface area contributed by atoms with Gasteiger partial charge in [0.2, 0.25) is 0 Å². The minimum atomic E-state index is -0.366. The maximum atomic E-state index is 10.8. The van der Waals surface area contributed by atoms with Gasteiger partial charge in [0.15, 0.2) is 0 Å². The van der Waals surface area contributed by atoms with Crippen molar-refractivity contribution in [1.82, 2.24) is 0 Å². The van der Waals surface area contributed by atoms with Crippen LogP contribution < -0.4 is 5.73 Å². The van der Waals surface area contributed by atoms with Gasteiger partial charge in [0, 0.05) is 17.7 Å². The summed E-state index contributed by atoms with van der Waals surface area (Å²) in [7, 11) is 0. The van der Waals surface area contributed by atoms with E-state index in [1.807, 2.05) is 0 Å². The Hall–Kier alpha value is -1.13. The smallest absolute Gasteiger partial charge is 0.274 e. The molecule has 2 N–H and O–H groups in total. The van der Waals surface area contributed by atoms with Crippen LogP contribution in [0.15, 0.2) is 24.3 Å². The lowest BCUT2D eigenvalue weighted by molar-refractivity contribution is -0.385. The molecule has 0 radical (unpaired) electrons. The maximum absolute atomic E-state index is 10.8. The lowest BCUT2D eigenvalue weighted by atomic mass is 10.00. The van der Waals surface area contributed by atoms with Gasteiger partial charge < -0.3 is 5.73 Å². The predicted molar refractivity (Wildman–Crippen MR) is 71.4 cm³/mol. The number of para-hydroxylation sites is 1. The van der Waals surface area contributed by atoms with Gasteiger partial charge in [-0.15, -0.1) is 12.4 Å². The van der Waals surface area contributed by atoms with Crippen molar-refractivity contribution in [3.05, 3.63) is 39.9 Å². The van der Waals surface area contributed by atoms with Crippen LogP contribution in [0.1, 0.15) is 44.2 Å². The van der Waals surface area contributed by atoms with Crippen molar-refractivity contribution >= 4 is 18.1 Å². The minimum Gasteiger partial charge on any atom is -0.324 e. The molecule has 0 amide bonds. The third-order valence-electron chi connectivity index (χ3n) is 2.65. The van der Waals surface area contributed by atoms with E-state index in [0.717, 1.165) is 25.7 Å². The van der Waals surface area contributed by atoms with Crippen molar-refractivity contribution in [2.24, 2.45) is 5.73 Å². The summed E-state index contributed by atoms with van der Waals surface area (Å²) in [5, 5.41) is 10.8. The highest BCUT2D eigenvalue weighted by molar-refractivity contribution is 5.85. The van der Waals surface area contributed by atoms with Crippen molar-refractivity contribution in [3.63, 3.8) is 0 Å². The summed E-state index contributed by atoms with van der Waals surface area (Å²) in [6.45, 7) is 2.12. The monoisotopic (exact) mass is 258 g/mol. The van der Waals surface area contributed by atoms with Crippen LogP contribution in [-0.2, 0) is 0 Å². The Kier molecular flexibility index (Phi) is 7.50. The molecule has 0 saturated carbocycles. The van der Waals surface area contributed by atoms with Gasteiger partial charge in [-0.3, -0.25) is 10.1 Å². The number of rotatable bonds is 6. The fourth-order valence-corrected chi connectivity index (χ4v) is 1.74. The summed E-state index contributed by atoms with van der Waals surface area (Å²) in [6, 6.07) is 6.49. The number of halogens is 1. The van der Waals surface area contributed by atoms with Crippen molar-refractivity contribution < 1.29 is 4.92 Å². The molecule has 4 nitrogen and oxygen atoms in total. The second-order valence-corrected chi connectivity index (χ2v) is 3.92. The maximum Gasteiger partial charge on any atom is 0.274 e. The molecule has 1 atom stereocenters. The average molecular weight is 259 g/mol. The second-order valence-electron chi connectivity index (χ2n) is 3.92. The second kappa shape index (κ2) is 8.03. The molecule has 0 spiro atoms. The van der Waals surface area contributed by atoms with Crippen LogP contribution in [0.3, 0.4) is 0 Å². The van der Waals surface area contributed by atoms with Crippen LogP contribution in [0.5, 0.6) is 0 Å². The van der Waals surface area contributed by atoms with E-state index in [2.05, 4.69) is 6.92 Å². The van der Waals surface area contributed by atoms with Gasteiger partial charge in [-0.25, -0.2) is 0 Å². The largest absolute Gasteiger partial charge is 0.324 e. The molecule has 0 aliphatic carbocycles. The Morgan fingerprint density at radius 3 is 2.59 bits per heavy atom. The third-order valence-corrected chi connectivity index (χ3v) is 2.65. The molecule has 0 saturated heterocycles. The van der Waals surface area contributed by atoms with Crippen LogP contribution in [0.4, 0.5) is 5.69 Å². The molecule has 1 aromatic rings. The van der Waals surface area contributed by atoms with Gasteiger partial charge in [0.1, 0.15) is 0 Å². The highest BCUT2D eigenvalue weighted by Gasteiger charge is 2.17. The third kappa shape index (κ3) is 4.71. The van der Waals surface area contributed by atoms with E-state index in [-0.39, 0.29) is 29.1 Å². The molecule has 0 aliphatic heterocycles. The van der Waals surface area contributed by atoms with Gasteiger partial charge in [-0.1, -0.05) is 44.4 Å². The molecule has 0 aliphatic rings. The predicted octanol–water partition coefficient (Wildman–Crippen LogP) is 3.60. The van der Waals surface area contributed by atoms with Crippen molar-refractivity contribution in [2.45, 2.75) is 38.6 Å². The molecule has 0 fully saturated rings. The molecule has 96 valence electrons. The molecule has 1 aromatic carbocycles. The first-order valence-corrected chi connectivity index (χ1v) is 5.65. The van der Waals surface area contributed by atoms with Crippen molar-refractivity contribution in [2.75, 3.05) is 0 Å². The number of unbranched alkanes of at least 4 members (excludes halogenated alkanes) is 2. The Bertz CT molecular complexity index is 358. The number of nitrogens with two attached hydrogens (primary N) is 1. The van der Waals surface area contributed by atoms with Gasteiger partial charge >= 0.3 is 0 Å². The number of hydrogen-bond donors (Lipinski definition) is 1. The van der Waals surface area contributed by atoms with Crippen molar-refractivity contribution in [1.29, 1.82) is 0 Å². The molecule has 17 heavy (non-hydrogen) atoms. The number of benzene rings is 1. The van der Waals surface area contributed by atoms with E-state index >= 15 is 0 Å². The molecular formula is C12H19ClN2O2. The van der Waals surface area contributed by atoms with Gasteiger partial charge in [0.05, 0.1) is 4.92 Å². The first-order chi connectivity index (χ1) is 7.66. The summed E-state index contributed by atoms with van der Waals surface area (Å²) in [6.07, 6.45) is 4.07. The van der Waals surface area contributed by atoms with Crippen LogP contribution >= 0.6 is 12.4 Å². The van der Waals surface area contributed by atoms with E-state index in [9.17, 15) is 10.1 Å². The summed E-state index contributed by atoms with van der Waals surface area (Å²) in [4.78, 5) is 10.4. The number of nitrogens with zero attached hydrogens (tertiary/aromatic N) is 1. The molecule has 0 aromatic heterocycles. The van der Waals surface area contributed by atoms with Crippen LogP contribution in [0, 0.1) is 10.1 Å². The molecule has 0 bridgehead atoms. The number of nitro benzene ring substituents is 1. The highest BCUT2D eigenvalue weighted by Crippen LogP contribution is 2.26. The van der Waals surface area contributed by atoms with Crippen LogP contribution in [-0.4, -0.2) is 4.92 Å². The van der Waals surface area contributed by atoms with E-state index in [1.54, 1.807) is 18.2 Å². The van der Waals surface area contributed by atoms with Gasteiger partial charge in [-0.2, -0.15) is 0 Å². The lowest BCUT2D eigenvalue weighted by Crippen LogP contribution is -2.12. The summed E-state index contributed by atoms with van der Waals surface area (Å²) < 4.78 is 0. The molecular weight excluding hydrogens is 240 g/mol. The highest BCUT2D eigenvalue weighted by atomic mass is 35.5. The molecule has 5 heteroatoms. The fourth-order valence-electron chi connectivity index (χ4n) is 1.74. The SMILES string of the molecule is CCCCC[C@H](N)c1ccccc1[N+](=O)[O-].Cl. The van der Waals surface area contributed by atoms with Gasteiger partial charge in [-0.05, 0) is 6.42 Å². The Balaban J connectivity index is 0.00000256. The Morgan fingerprint density at radius 2 is 2.00 bits per heavy atom. The zero-order valence-electron chi connectivity index (χ0n) is 9.96. The standard InChI is InChI=1S/C12H18N2O2.ClH/c1-2-3-4-8-11(13)10-7-5-6-9-12(10)14(15)16;/h5-7,9,11H,2-4,8,13H2,1H3;1H/t11-;/m0./s1. The topological polar surface area (TPSA) is 69.2 Å². The first kappa shape index (κ1) is 15.9. The normalized spacial score (nSPS) is 11.6. The zero-order chi connectivity index (χ0) is 12.0. The lowest BCUT2D eigenvalue weighted by Gasteiger charge is -2.11. The molecule has 1 rings (SSSR count). The van der Waals surface area contributed by atoms with E-state index in [0.29, 0.717) is 5.56 Å². The molecule has 0 heterocycles. The van der Waals surface area contributed by atoms with Crippen LogP contribution in [0.25, 0.3) is 0 Å². The van der Waals surface area contributed by atoms with Crippen LogP contribution in [0.2, 0.25) is 0 Å². The fraction of sp³-hybridized carbons (Fsp3) is 0.500. The molecule has 0 unspecified atom stereocenters. The van der Waals surface area contributed by atoms with E-state index in [1.165, 1.54) is 6.07 Å². The minimum absolute atomic E-state index is 0. The summed E-state index contributed by atoms with van der Waals surface area (Å²) in [5.74, 6) is 0. The summed E-state index contributed by atoms with van der Waals surface area (Å²) in [5.41, 5.74) is 6.74. The summed E-state index contributed by atoms with van der Waals surface area (Å²) >= 11 is 0. The number of nitro groups is 1. The number of hydrogen-bond acceptors (Lipinski definition) is 3. The first-order valence-electron chi connectivity index (χ1n) is 5.65. The average Bonchev–Trinajstić information content (AvgIpc) is 2.29. The van der Waals surface area contributed by atoms with E-state index in [4.69, 9.17) is 5.73 Å². The van der Waals surface area contributed by atoms with Gasteiger partial charge in [0.25, 0.3) is 5.69 Å².